The fourth-order valence-corrected chi connectivity index (χ4v) is 5.09. The van der Waals surface area contributed by atoms with E-state index in [4.69, 9.17) is 23.2 Å². The lowest BCUT2D eigenvalue weighted by molar-refractivity contribution is -0.116. The molecule has 0 aliphatic heterocycles. The Hall–Kier alpha value is -1.19. The zero-order valence-corrected chi connectivity index (χ0v) is 15.4. The van der Waals surface area contributed by atoms with E-state index in [2.05, 4.69) is 10.3 Å². The second-order valence-electron chi connectivity index (χ2n) is 5.24. The lowest BCUT2D eigenvalue weighted by Gasteiger charge is -2.21. The molecule has 1 fully saturated rings. The number of thiazole rings is 1. The number of nitrogens with one attached hydrogen (secondary N) is 1. The Morgan fingerprint density at radius 2 is 2.12 bits per heavy atom. The van der Waals surface area contributed by atoms with E-state index >= 15 is 0 Å². The van der Waals surface area contributed by atoms with Crippen LogP contribution in [-0.2, 0) is 14.8 Å². The van der Waals surface area contributed by atoms with Gasteiger partial charge in [0.05, 0.1) is 11.6 Å². The molecule has 1 amide bonds. The maximum Gasteiger partial charge on any atom is 0.245 e. The number of hydrogen-bond acceptors (Lipinski definition) is 5. The number of halogens is 2. The van der Waals surface area contributed by atoms with E-state index in [1.54, 1.807) is 11.6 Å². The Morgan fingerprint density at radius 1 is 1.38 bits per heavy atom. The Bertz CT molecular complexity index is 852. The van der Waals surface area contributed by atoms with Gasteiger partial charge in [0.15, 0.2) is 5.13 Å². The van der Waals surface area contributed by atoms with Crippen molar-refractivity contribution < 1.29 is 13.2 Å². The number of hydrogen-bond donors (Lipinski definition) is 1. The molecular formula is C14H13Cl2N3O3S2. The van der Waals surface area contributed by atoms with Crippen LogP contribution in [0.25, 0.3) is 0 Å². The van der Waals surface area contributed by atoms with Crippen molar-refractivity contribution in [2.24, 2.45) is 0 Å². The number of carbonyl (C=O) groups excluding carboxylic acids is 1. The van der Waals surface area contributed by atoms with Crippen LogP contribution in [0.1, 0.15) is 12.8 Å². The second kappa shape index (κ2) is 6.97. The van der Waals surface area contributed by atoms with Crippen LogP contribution in [0, 0.1) is 0 Å². The first-order valence-corrected chi connectivity index (χ1v) is 10.1. The molecule has 10 heteroatoms. The summed E-state index contributed by atoms with van der Waals surface area (Å²) in [5.41, 5.74) is 0. The van der Waals surface area contributed by atoms with Crippen molar-refractivity contribution >= 4 is 55.6 Å². The van der Waals surface area contributed by atoms with Crippen LogP contribution in [0.2, 0.25) is 10.0 Å². The summed E-state index contributed by atoms with van der Waals surface area (Å²) in [5.74, 6) is -0.446. The zero-order chi connectivity index (χ0) is 17.3. The SMILES string of the molecule is O=C(CN(C1CC1)S(=O)(=O)c1cc(Cl)ccc1Cl)Nc1nccs1. The molecule has 1 N–H and O–H groups in total. The number of rotatable bonds is 6. The van der Waals surface area contributed by atoms with Gasteiger partial charge in [0, 0.05) is 22.6 Å². The molecule has 1 heterocycles. The van der Waals surface area contributed by atoms with Crippen LogP contribution in [-0.4, -0.2) is 36.2 Å². The van der Waals surface area contributed by atoms with E-state index < -0.39 is 15.9 Å². The Labute approximate surface area is 153 Å². The third kappa shape index (κ3) is 3.89. The maximum absolute atomic E-state index is 12.9. The molecule has 6 nitrogen and oxygen atoms in total. The minimum Gasteiger partial charge on any atom is -0.301 e. The van der Waals surface area contributed by atoms with Gasteiger partial charge < -0.3 is 5.32 Å². The van der Waals surface area contributed by atoms with E-state index in [9.17, 15) is 13.2 Å². The molecule has 1 saturated carbocycles. The van der Waals surface area contributed by atoms with Gasteiger partial charge >= 0.3 is 0 Å². The molecule has 3 rings (SSSR count). The molecule has 0 bridgehead atoms. The number of benzene rings is 1. The molecule has 128 valence electrons. The van der Waals surface area contributed by atoms with Crippen molar-refractivity contribution in [3.05, 3.63) is 39.8 Å². The van der Waals surface area contributed by atoms with Gasteiger partial charge in [-0.05, 0) is 31.0 Å². The largest absolute Gasteiger partial charge is 0.301 e. The highest BCUT2D eigenvalue weighted by molar-refractivity contribution is 7.89. The molecule has 24 heavy (non-hydrogen) atoms. The summed E-state index contributed by atoms with van der Waals surface area (Å²) in [6.07, 6.45) is 2.98. The van der Waals surface area contributed by atoms with Gasteiger partial charge in [-0.3, -0.25) is 4.79 Å². The predicted molar refractivity (Wildman–Crippen MR) is 94.1 cm³/mol. The van der Waals surface area contributed by atoms with Crippen LogP contribution < -0.4 is 5.32 Å². The molecule has 0 radical (unpaired) electrons. The highest BCUT2D eigenvalue weighted by Gasteiger charge is 2.40. The van der Waals surface area contributed by atoms with Crippen molar-refractivity contribution in [1.82, 2.24) is 9.29 Å². The van der Waals surface area contributed by atoms with Crippen molar-refractivity contribution in [3.8, 4) is 0 Å². The van der Waals surface area contributed by atoms with Crippen molar-refractivity contribution in [2.45, 2.75) is 23.8 Å². The number of carbonyl (C=O) groups is 1. The first kappa shape index (κ1) is 17.6. The minimum absolute atomic E-state index is 0.0744. The first-order chi connectivity index (χ1) is 11.4. The third-order valence-corrected chi connectivity index (χ3v) is 6.72. The van der Waals surface area contributed by atoms with E-state index in [-0.39, 0.29) is 27.5 Å². The van der Waals surface area contributed by atoms with Crippen LogP contribution in [0.5, 0.6) is 0 Å². The molecule has 0 saturated heterocycles. The number of aromatic nitrogens is 1. The highest BCUT2D eigenvalue weighted by Crippen LogP contribution is 2.35. The van der Waals surface area contributed by atoms with Gasteiger partial charge in [0.1, 0.15) is 4.90 Å². The van der Waals surface area contributed by atoms with E-state index in [1.807, 2.05) is 0 Å². The van der Waals surface area contributed by atoms with Gasteiger partial charge in [-0.15, -0.1) is 11.3 Å². The summed E-state index contributed by atoms with van der Waals surface area (Å²) in [4.78, 5) is 16.0. The van der Waals surface area contributed by atoms with Crippen molar-refractivity contribution in [1.29, 1.82) is 0 Å². The fourth-order valence-electron chi connectivity index (χ4n) is 2.16. The summed E-state index contributed by atoms with van der Waals surface area (Å²) < 4.78 is 27.0. The van der Waals surface area contributed by atoms with E-state index in [1.165, 1.54) is 33.8 Å². The second-order valence-corrected chi connectivity index (χ2v) is 8.84. The Morgan fingerprint density at radius 3 is 2.75 bits per heavy atom. The van der Waals surface area contributed by atoms with Gasteiger partial charge in [-0.25, -0.2) is 13.4 Å². The molecular weight excluding hydrogens is 393 g/mol. The van der Waals surface area contributed by atoms with Gasteiger partial charge in [-0.1, -0.05) is 23.2 Å². The summed E-state index contributed by atoms with van der Waals surface area (Å²) >= 11 is 13.2. The lowest BCUT2D eigenvalue weighted by Crippen LogP contribution is -2.39. The molecule has 1 aliphatic rings. The molecule has 0 spiro atoms. The predicted octanol–water partition coefficient (Wildman–Crippen LogP) is 3.24. The first-order valence-electron chi connectivity index (χ1n) is 7.04. The Kier molecular flexibility index (Phi) is 5.12. The quantitative estimate of drug-likeness (QED) is 0.799. The smallest absolute Gasteiger partial charge is 0.245 e. The third-order valence-electron chi connectivity index (χ3n) is 3.41. The van der Waals surface area contributed by atoms with Gasteiger partial charge in [0.2, 0.25) is 15.9 Å². The minimum atomic E-state index is -3.93. The average molecular weight is 406 g/mol. The maximum atomic E-state index is 12.9. The number of nitrogens with zero attached hydrogens (tertiary/aromatic N) is 2. The molecule has 0 atom stereocenters. The topological polar surface area (TPSA) is 79.4 Å². The number of amides is 1. The van der Waals surface area contributed by atoms with Crippen LogP contribution in [0.15, 0.2) is 34.7 Å². The zero-order valence-electron chi connectivity index (χ0n) is 12.3. The van der Waals surface area contributed by atoms with Crippen LogP contribution in [0.4, 0.5) is 5.13 Å². The number of sulfonamides is 1. The standard InChI is InChI=1S/C14H13Cl2N3O3S2/c15-9-1-4-11(16)12(7-9)24(21,22)19(10-2-3-10)8-13(20)18-14-17-5-6-23-14/h1,4-7,10H,2-3,8H2,(H,17,18,20). The monoisotopic (exact) mass is 405 g/mol. The Balaban J connectivity index is 1.84. The van der Waals surface area contributed by atoms with E-state index in [0.29, 0.717) is 18.0 Å². The van der Waals surface area contributed by atoms with Crippen molar-refractivity contribution in [3.63, 3.8) is 0 Å². The van der Waals surface area contributed by atoms with E-state index in [0.717, 1.165) is 0 Å². The number of anilines is 1. The van der Waals surface area contributed by atoms with Crippen LogP contribution in [0.3, 0.4) is 0 Å². The summed E-state index contributed by atoms with van der Waals surface area (Å²) in [7, 11) is -3.93. The summed E-state index contributed by atoms with van der Waals surface area (Å²) in [5, 5.41) is 5.07. The normalized spacial score (nSPS) is 14.8. The lowest BCUT2D eigenvalue weighted by atomic mass is 10.4. The molecule has 1 aromatic heterocycles. The van der Waals surface area contributed by atoms with Crippen molar-refractivity contribution in [2.75, 3.05) is 11.9 Å². The van der Waals surface area contributed by atoms with Gasteiger partial charge in [-0.2, -0.15) is 4.31 Å². The summed E-state index contributed by atoms with van der Waals surface area (Å²) in [6, 6.07) is 4.04. The van der Waals surface area contributed by atoms with Gasteiger partial charge in [0.25, 0.3) is 0 Å². The highest BCUT2D eigenvalue weighted by atomic mass is 35.5. The fraction of sp³-hybridized carbons (Fsp3) is 0.286. The molecule has 0 unspecified atom stereocenters. The average Bonchev–Trinajstić information content (AvgIpc) is 3.24. The molecule has 1 aromatic carbocycles. The van der Waals surface area contributed by atoms with Crippen LogP contribution >= 0.6 is 34.5 Å². The summed E-state index contributed by atoms with van der Waals surface area (Å²) in [6.45, 7) is -0.296. The molecule has 2 aromatic rings. The molecule has 1 aliphatic carbocycles.